The molecular formula is C14H19N3OS. The van der Waals surface area contributed by atoms with Crippen LogP contribution >= 0.6 is 11.3 Å². The Balaban J connectivity index is 1.93. The Kier molecular flexibility index (Phi) is 3.38. The van der Waals surface area contributed by atoms with Gasteiger partial charge in [0.25, 0.3) is 0 Å². The van der Waals surface area contributed by atoms with E-state index >= 15 is 0 Å². The molecule has 1 aromatic heterocycles. The highest BCUT2D eigenvalue weighted by molar-refractivity contribution is 7.17. The second-order valence-electron chi connectivity index (χ2n) is 5.40. The van der Waals surface area contributed by atoms with Crippen LogP contribution in [0, 0.1) is 11.3 Å². The molecule has 1 unspecified atom stereocenters. The van der Waals surface area contributed by atoms with E-state index in [0.717, 1.165) is 31.6 Å². The van der Waals surface area contributed by atoms with E-state index in [4.69, 9.17) is 10.5 Å². The van der Waals surface area contributed by atoms with Gasteiger partial charge in [-0.15, -0.1) is 11.3 Å². The zero-order valence-electron chi connectivity index (χ0n) is 11.2. The Labute approximate surface area is 117 Å². The number of anilines is 2. The minimum absolute atomic E-state index is 0.301. The average Bonchev–Trinajstić information content (AvgIpc) is 3.22. The molecule has 0 radical (unpaired) electrons. The molecule has 1 aliphatic heterocycles. The number of nitrogens with two attached hydrogens (primary N) is 1. The lowest BCUT2D eigenvalue weighted by Gasteiger charge is -2.33. The van der Waals surface area contributed by atoms with Crippen molar-refractivity contribution in [3.05, 3.63) is 10.4 Å². The number of thiophene rings is 1. The number of nitrogen functional groups attached to an aromatic ring is 1. The molecular weight excluding hydrogens is 258 g/mol. The Morgan fingerprint density at radius 1 is 1.42 bits per heavy atom. The molecule has 1 aromatic rings. The van der Waals surface area contributed by atoms with Crippen molar-refractivity contribution in [2.45, 2.75) is 37.7 Å². The first-order valence-electron chi connectivity index (χ1n) is 6.84. The molecule has 0 amide bonds. The monoisotopic (exact) mass is 277 g/mol. The van der Waals surface area contributed by atoms with E-state index in [-0.39, 0.29) is 0 Å². The normalized spacial score (nSPS) is 23.4. The lowest BCUT2D eigenvalue weighted by Crippen LogP contribution is -2.39. The maximum Gasteiger partial charge on any atom is 0.130 e. The minimum atomic E-state index is 0.301. The molecule has 2 fully saturated rings. The lowest BCUT2D eigenvalue weighted by molar-refractivity contribution is 0.0895. The molecule has 0 bridgehead atoms. The van der Waals surface area contributed by atoms with Gasteiger partial charge in [-0.25, -0.2) is 0 Å². The van der Waals surface area contributed by atoms with E-state index in [0.29, 0.717) is 16.9 Å². The van der Waals surface area contributed by atoms with Gasteiger partial charge in [0.2, 0.25) is 0 Å². The van der Waals surface area contributed by atoms with Gasteiger partial charge in [-0.3, -0.25) is 0 Å². The number of hydrogen-bond donors (Lipinski definition) is 1. The molecule has 2 aliphatic rings. The molecule has 3 rings (SSSR count). The fraction of sp³-hybridized carbons (Fsp3) is 0.643. The van der Waals surface area contributed by atoms with Gasteiger partial charge in [-0.05, 0) is 31.6 Å². The van der Waals surface area contributed by atoms with Gasteiger partial charge >= 0.3 is 0 Å². The second-order valence-corrected chi connectivity index (χ2v) is 6.39. The van der Waals surface area contributed by atoms with Crippen LogP contribution in [0.15, 0.2) is 0 Å². The van der Waals surface area contributed by atoms with Crippen molar-refractivity contribution in [3.8, 4) is 6.07 Å². The van der Waals surface area contributed by atoms with Crippen molar-refractivity contribution < 1.29 is 4.74 Å². The summed E-state index contributed by atoms with van der Waals surface area (Å²) in [4.78, 5) is 3.05. The van der Waals surface area contributed by atoms with E-state index in [1.54, 1.807) is 18.4 Å². The van der Waals surface area contributed by atoms with E-state index < -0.39 is 0 Å². The van der Waals surface area contributed by atoms with Crippen LogP contribution in [0.5, 0.6) is 0 Å². The summed E-state index contributed by atoms with van der Waals surface area (Å²) in [6, 6.07) is 2.24. The molecule has 2 N–H and O–H groups in total. The largest absolute Gasteiger partial charge is 0.397 e. The van der Waals surface area contributed by atoms with Gasteiger partial charge < -0.3 is 15.4 Å². The quantitative estimate of drug-likeness (QED) is 0.922. The van der Waals surface area contributed by atoms with Gasteiger partial charge in [0.1, 0.15) is 10.9 Å². The SMILES string of the molecule is COC1CCCN(c2sc(C#N)c(N)c2C2CC2)C1. The number of ether oxygens (including phenoxy) is 1. The summed E-state index contributed by atoms with van der Waals surface area (Å²) in [5, 5.41) is 10.4. The number of piperidine rings is 1. The number of methoxy groups -OCH3 is 1. The minimum Gasteiger partial charge on any atom is -0.397 e. The van der Waals surface area contributed by atoms with E-state index in [1.165, 1.54) is 23.4 Å². The van der Waals surface area contributed by atoms with Gasteiger partial charge in [-0.1, -0.05) is 0 Å². The first-order valence-corrected chi connectivity index (χ1v) is 7.66. The van der Waals surface area contributed by atoms with Gasteiger partial charge in [0.15, 0.2) is 0 Å². The second kappa shape index (κ2) is 5.03. The molecule has 1 saturated carbocycles. The third-order valence-corrected chi connectivity index (χ3v) is 5.24. The van der Waals surface area contributed by atoms with E-state index in [1.807, 2.05) is 0 Å². The van der Waals surface area contributed by atoms with Crippen LogP contribution in [0.1, 0.15) is 42.0 Å². The smallest absolute Gasteiger partial charge is 0.130 e. The fourth-order valence-corrected chi connectivity index (χ4v) is 3.98. The maximum atomic E-state index is 9.19. The molecule has 1 aliphatic carbocycles. The van der Waals surface area contributed by atoms with Crippen molar-refractivity contribution in [3.63, 3.8) is 0 Å². The van der Waals surface area contributed by atoms with Crippen LogP contribution in [0.2, 0.25) is 0 Å². The molecule has 1 saturated heterocycles. The Bertz CT molecular complexity index is 515. The van der Waals surface area contributed by atoms with Crippen molar-refractivity contribution in [2.75, 3.05) is 30.8 Å². The van der Waals surface area contributed by atoms with Gasteiger partial charge in [-0.2, -0.15) is 5.26 Å². The van der Waals surface area contributed by atoms with Crippen molar-refractivity contribution in [1.82, 2.24) is 0 Å². The Morgan fingerprint density at radius 2 is 2.21 bits per heavy atom. The zero-order valence-corrected chi connectivity index (χ0v) is 12.0. The van der Waals surface area contributed by atoms with Gasteiger partial charge in [0, 0.05) is 25.8 Å². The summed E-state index contributed by atoms with van der Waals surface area (Å²) in [6.07, 6.45) is 4.98. The summed E-state index contributed by atoms with van der Waals surface area (Å²) in [7, 11) is 1.78. The van der Waals surface area contributed by atoms with E-state index in [9.17, 15) is 5.26 Å². The van der Waals surface area contributed by atoms with Crippen LogP contribution in [-0.2, 0) is 4.74 Å². The molecule has 0 aromatic carbocycles. The molecule has 0 spiro atoms. The summed E-state index contributed by atoms with van der Waals surface area (Å²) in [6.45, 7) is 1.96. The highest BCUT2D eigenvalue weighted by Gasteiger charge is 2.34. The van der Waals surface area contributed by atoms with Crippen LogP contribution in [0.4, 0.5) is 10.7 Å². The number of nitriles is 1. The third kappa shape index (κ3) is 2.31. The predicted octanol–water partition coefficient (Wildman–Crippen LogP) is 2.69. The van der Waals surface area contributed by atoms with Crippen molar-refractivity contribution in [2.24, 2.45) is 0 Å². The maximum absolute atomic E-state index is 9.19. The first-order chi connectivity index (χ1) is 9.24. The van der Waals surface area contributed by atoms with Crippen LogP contribution < -0.4 is 10.6 Å². The molecule has 102 valence electrons. The van der Waals surface area contributed by atoms with Crippen LogP contribution in [0.3, 0.4) is 0 Å². The van der Waals surface area contributed by atoms with Crippen LogP contribution in [-0.4, -0.2) is 26.3 Å². The summed E-state index contributed by atoms with van der Waals surface area (Å²) < 4.78 is 5.49. The number of hydrogen-bond acceptors (Lipinski definition) is 5. The molecule has 2 heterocycles. The molecule has 5 heteroatoms. The standard InChI is InChI=1S/C14H19N3OS/c1-18-10-3-2-6-17(8-10)14-12(9-4-5-9)13(16)11(7-15)19-14/h9-10H,2-6,8,16H2,1H3. The van der Waals surface area contributed by atoms with E-state index in [2.05, 4.69) is 11.0 Å². The van der Waals surface area contributed by atoms with Crippen LogP contribution in [0.25, 0.3) is 0 Å². The fourth-order valence-electron chi connectivity index (χ4n) is 2.84. The highest BCUT2D eigenvalue weighted by atomic mass is 32.1. The number of rotatable bonds is 3. The highest BCUT2D eigenvalue weighted by Crippen LogP contribution is 2.52. The first kappa shape index (κ1) is 12.8. The van der Waals surface area contributed by atoms with Crippen molar-refractivity contribution >= 4 is 22.0 Å². The lowest BCUT2D eigenvalue weighted by atomic mass is 10.1. The topological polar surface area (TPSA) is 62.3 Å². The third-order valence-electron chi connectivity index (χ3n) is 4.05. The summed E-state index contributed by atoms with van der Waals surface area (Å²) >= 11 is 1.56. The zero-order chi connectivity index (χ0) is 13.4. The number of nitrogens with zero attached hydrogens (tertiary/aromatic N) is 2. The van der Waals surface area contributed by atoms with Gasteiger partial charge in [0.05, 0.1) is 16.8 Å². The Morgan fingerprint density at radius 3 is 2.84 bits per heavy atom. The molecule has 1 atom stereocenters. The molecule has 19 heavy (non-hydrogen) atoms. The summed E-state index contributed by atoms with van der Waals surface area (Å²) in [5.41, 5.74) is 8.12. The predicted molar refractivity (Wildman–Crippen MR) is 77.7 cm³/mol. The summed E-state index contributed by atoms with van der Waals surface area (Å²) in [5.74, 6) is 0.580. The average molecular weight is 277 g/mol. The molecule has 4 nitrogen and oxygen atoms in total. The Hall–Kier alpha value is -1.25. The van der Waals surface area contributed by atoms with Crippen molar-refractivity contribution in [1.29, 1.82) is 5.26 Å².